The Kier molecular flexibility index (Phi) is 10.2. The van der Waals surface area contributed by atoms with Crippen LogP contribution < -0.4 is 4.74 Å². The van der Waals surface area contributed by atoms with Gasteiger partial charge in [-0.3, -0.25) is 9.59 Å². The van der Waals surface area contributed by atoms with Gasteiger partial charge in [-0.1, -0.05) is 61.0 Å². The zero-order valence-electron chi connectivity index (χ0n) is 14.4. The van der Waals surface area contributed by atoms with Gasteiger partial charge in [0.2, 0.25) is 0 Å². The van der Waals surface area contributed by atoms with E-state index in [0.29, 0.717) is 5.02 Å². The molecule has 0 bridgehead atoms. The van der Waals surface area contributed by atoms with E-state index in [0.717, 1.165) is 25.7 Å². The summed E-state index contributed by atoms with van der Waals surface area (Å²) >= 11 is 17.7. The van der Waals surface area contributed by atoms with E-state index in [1.165, 1.54) is 18.6 Å². The molecule has 7 heteroatoms. The monoisotopic (exact) mass is 408 g/mol. The van der Waals surface area contributed by atoms with E-state index in [1.807, 2.05) is 6.92 Å². The van der Waals surface area contributed by atoms with Gasteiger partial charge in [0.1, 0.15) is 0 Å². The van der Waals surface area contributed by atoms with E-state index >= 15 is 0 Å². The number of esters is 2. The Hall–Kier alpha value is -0.970. The van der Waals surface area contributed by atoms with Gasteiger partial charge in [-0.25, -0.2) is 0 Å². The molecule has 0 amide bonds. The first-order valence-corrected chi connectivity index (χ1v) is 9.51. The van der Waals surface area contributed by atoms with Crippen molar-refractivity contribution in [1.29, 1.82) is 0 Å². The van der Waals surface area contributed by atoms with Crippen LogP contribution in [0.1, 0.15) is 58.8 Å². The lowest BCUT2D eigenvalue weighted by molar-refractivity contribution is -0.151. The van der Waals surface area contributed by atoms with Crippen LogP contribution in [0.2, 0.25) is 15.1 Å². The van der Waals surface area contributed by atoms with Gasteiger partial charge in [-0.2, -0.15) is 0 Å². The van der Waals surface area contributed by atoms with Crippen LogP contribution in [0.4, 0.5) is 0 Å². The predicted octanol–water partition coefficient (Wildman–Crippen LogP) is 6.23. The topological polar surface area (TPSA) is 52.6 Å². The zero-order valence-corrected chi connectivity index (χ0v) is 16.7. The maximum atomic E-state index is 11.9. The third kappa shape index (κ3) is 8.80. The minimum absolute atomic E-state index is 0.0374. The first-order chi connectivity index (χ1) is 11.8. The third-order valence-electron chi connectivity index (χ3n) is 3.51. The van der Waals surface area contributed by atoms with E-state index in [9.17, 15) is 9.59 Å². The summed E-state index contributed by atoms with van der Waals surface area (Å²) in [5, 5.41) is 0.606. The summed E-state index contributed by atoms with van der Waals surface area (Å²) < 4.78 is 10.4. The predicted molar refractivity (Wildman–Crippen MR) is 101 cm³/mol. The Morgan fingerprint density at radius 3 is 2.20 bits per heavy atom. The SMILES string of the molecule is CCCCCCC(C)OC(=O)CCC(=O)Oc1c(Cl)cc(Cl)cc1Cl. The maximum absolute atomic E-state index is 11.9. The number of hydrogen-bond acceptors (Lipinski definition) is 4. The van der Waals surface area contributed by atoms with Gasteiger partial charge in [0.25, 0.3) is 0 Å². The molecule has 0 fully saturated rings. The van der Waals surface area contributed by atoms with Gasteiger partial charge in [0, 0.05) is 5.02 Å². The normalized spacial score (nSPS) is 11.9. The van der Waals surface area contributed by atoms with E-state index in [1.54, 1.807) is 0 Å². The number of benzene rings is 1. The molecule has 140 valence electrons. The quantitative estimate of drug-likeness (QED) is 0.261. The molecule has 0 aliphatic carbocycles. The summed E-state index contributed by atoms with van der Waals surface area (Å²) in [6, 6.07) is 2.85. The van der Waals surface area contributed by atoms with Crippen LogP contribution in [0.15, 0.2) is 12.1 Å². The number of ether oxygens (including phenoxy) is 2. The van der Waals surface area contributed by atoms with Crippen molar-refractivity contribution in [2.45, 2.75) is 64.9 Å². The van der Waals surface area contributed by atoms with Crippen LogP contribution in [-0.4, -0.2) is 18.0 Å². The molecule has 0 N–H and O–H groups in total. The number of carbonyl (C=O) groups excluding carboxylic acids is 2. The molecular weight excluding hydrogens is 387 g/mol. The van der Waals surface area contributed by atoms with Crippen LogP contribution in [0.3, 0.4) is 0 Å². The van der Waals surface area contributed by atoms with Crippen LogP contribution in [0, 0.1) is 0 Å². The summed E-state index contributed by atoms with van der Waals surface area (Å²) in [5.41, 5.74) is 0. The molecule has 25 heavy (non-hydrogen) atoms. The Labute approximate surface area is 163 Å². The Morgan fingerprint density at radius 2 is 1.60 bits per heavy atom. The highest BCUT2D eigenvalue weighted by Crippen LogP contribution is 2.36. The molecule has 1 unspecified atom stereocenters. The molecule has 0 aliphatic heterocycles. The average Bonchev–Trinajstić information content (AvgIpc) is 2.53. The van der Waals surface area contributed by atoms with E-state index < -0.39 is 11.9 Å². The number of rotatable bonds is 10. The molecule has 0 aromatic heterocycles. The smallest absolute Gasteiger partial charge is 0.311 e. The van der Waals surface area contributed by atoms with Crippen LogP contribution in [0.5, 0.6) is 5.75 Å². The second-order valence-corrected chi connectivity index (χ2v) is 7.07. The number of carbonyl (C=O) groups is 2. The molecule has 0 heterocycles. The minimum Gasteiger partial charge on any atom is -0.463 e. The van der Waals surface area contributed by atoms with Gasteiger partial charge in [0.15, 0.2) is 5.75 Å². The minimum atomic E-state index is -0.612. The van der Waals surface area contributed by atoms with E-state index in [4.69, 9.17) is 44.3 Å². The average molecular weight is 410 g/mol. The summed E-state index contributed by atoms with van der Waals surface area (Å²) in [4.78, 5) is 23.6. The summed E-state index contributed by atoms with van der Waals surface area (Å²) in [6.07, 6.45) is 5.01. The Balaban J connectivity index is 2.35. The van der Waals surface area contributed by atoms with Crippen molar-refractivity contribution in [3.63, 3.8) is 0 Å². The molecule has 0 spiro atoms. The van der Waals surface area contributed by atoms with Gasteiger partial charge < -0.3 is 9.47 Å². The molecule has 0 radical (unpaired) electrons. The second-order valence-electron chi connectivity index (χ2n) is 5.82. The first-order valence-electron chi connectivity index (χ1n) is 8.38. The molecule has 0 aliphatic rings. The molecule has 0 saturated carbocycles. The van der Waals surface area contributed by atoms with Crippen molar-refractivity contribution in [2.75, 3.05) is 0 Å². The number of halogens is 3. The molecule has 1 aromatic rings. The van der Waals surface area contributed by atoms with Crippen molar-refractivity contribution in [1.82, 2.24) is 0 Å². The first kappa shape index (κ1) is 22.1. The summed E-state index contributed by atoms with van der Waals surface area (Å²) in [5.74, 6) is -0.998. The Bertz CT molecular complexity index is 567. The largest absolute Gasteiger partial charge is 0.463 e. The van der Waals surface area contributed by atoms with Crippen molar-refractivity contribution < 1.29 is 19.1 Å². The maximum Gasteiger partial charge on any atom is 0.311 e. The molecular formula is C18H23Cl3O4. The molecule has 0 saturated heterocycles. The van der Waals surface area contributed by atoms with Crippen molar-refractivity contribution in [3.05, 3.63) is 27.2 Å². The molecule has 4 nitrogen and oxygen atoms in total. The van der Waals surface area contributed by atoms with Crippen molar-refractivity contribution in [2.24, 2.45) is 0 Å². The van der Waals surface area contributed by atoms with Crippen molar-refractivity contribution >= 4 is 46.7 Å². The lowest BCUT2D eigenvalue weighted by atomic mass is 10.1. The van der Waals surface area contributed by atoms with Crippen LogP contribution in [-0.2, 0) is 14.3 Å². The van der Waals surface area contributed by atoms with Crippen LogP contribution in [0.25, 0.3) is 0 Å². The van der Waals surface area contributed by atoms with E-state index in [2.05, 4.69) is 6.92 Å². The summed E-state index contributed by atoms with van der Waals surface area (Å²) in [7, 11) is 0. The van der Waals surface area contributed by atoms with Crippen molar-refractivity contribution in [3.8, 4) is 5.75 Å². The lowest BCUT2D eigenvalue weighted by Gasteiger charge is -2.13. The third-order valence-corrected chi connectivity index (χ3v) is 4.29. The fourth-order valence-electron chi connectivity index (χ4n) is 2.20. The van der Waals surface area contributed by atoms with Gasteiger partial charge >= 0.3 is 11.9 Å². The fourth-order valence-corrected chi connectivity index (χ4v) is 3.09. The highest BCUT2D eigenvalue weighted by molar-refractivity contribution is 6.40. The van der Waals surface area contributed by atoms with Crippen LogP contribution >= 0.6 is 34.8 Å². The highest BCUT2D eigenvalue weighted by Gasteiger charge is 2.16. The molecule has 1 aromatic carbocycles. The second kappa shape index (κ2) is 11.6. The van der Waals surface area contributed by atoms with Gasteiger partial charge in [0.05, 0.1) is 29.0 Å². The molecule has 1 atom stereocenters. The lowest BCUT2D eigenvalue weighted by Crippen LogP contribution is -2.17. The number of unbranched alkanes of at least 4 members (excludes halogenated alkanes) is 3. The summed E-state index contributed by atoms with van der Waals surface area (Å²) in [6.45, 7) is 4.00. The molecule has 1 rings (SSSR count). The van der Waals surface area contributed by atoms with Gasteiger partial charge in [-0.05, 0) is 31.9 Å². The highest BCUT2D eigenvalue weighted by atomic mass is 35.5. The standard InChI is InChI=1S/C18H23Cl3O4/c1-3-4-5-6-7-12(2)24-16(22)8-9-17(23)25-18-14(20)10-13(19)11-15(18)21/h10-12H,3-9H2,1-2H3. The fraction of sp³-hybridized carbons (Fsp3) is 0.556. The number of hydrogen-bond donors (Lipinski definition) is 0. The van der Waals surface area contributed by atoms with Gasteiger partial charge in [-0.15, -0.1) is 0 Å². The van der Waals surface area contributed by atoms with E-state index in [-0.39, 0.29) is 34.7 Å². The zero-order chi connectivity index (χ0) is 18.8. The Morgan fingerprint density at radius 1 is 1.00 bits per heavy atom.